The molecular weight excluding hydrogens is 260 g/mol. The van der Waals surface area contributed by atoms with E-state index in [1.165, 1.54) is 32.1 Å². The van der Waals surface area contributed by atoms with Gasteiger partial charge in [-0.3, -0.25) is 4.79 Å². The van der Waals surface area contributed by atoms with Gasteiger partial charge in [0, 0.05) is 12.5 Å². The fourth-order valence-corrected chi connectivity index (χ4v) is 2.88. The second-order valence-corrected chi connectivity index (χ2v) is 5.66. The quantitative estimate of drug-likeness (QED) is 0.673. The Balaban J connectivity index is 0.00000324. The van der Waals surface area contributed by atoms with Crippen molar-refractivity contribution in [3.8, 4) is 0 Å². The Morgan fingerprint density at radius 3 is 2.63 bits per heavy atom. The summed E-state index contributed by atoms with van der Waals surface area (Å²) in [6.45, 7) is 3.03. The number of rotatable bonds is 8. The van der Waals surface area contributed by atoms with Gasteiger partial charge in [-0.15, -0.1) is 12.4 Å². The maximum absolute atomic E-state index is 11.8. The van der Waals surface area contributed by atoms with Crippen molar-refractivity contribution >= 4 is 18.3 Å². The average Bonchev–Trinajstić information content (AvgIpc) is 2.38. The van der Waals surface area contributed by atoms with Crippen LogP contribution >= 0.6 is 12.4 Å². The molecule has 2 unspecified atom stereocenters. The topological polar surface area (TPSA) is 55.1 Å². The number of nitrogens with one attached hydrogen (secondary N) is 1. The first kappa shape index (κ1) is 18.7. The number of hydrogen-bond acceptors (Lipinski definition) is 2. The molecule has 0 aliphatic heterocycles. The summed E-state index contributed by atoms with van der Waals surface area (Å²) in [6.07, 6.45) is 11.3. The summed E-state index contributed by atoms with van der Waals surface area (Å²) >= 11 is 0. The van der Waals surface area contributed by atoms with Crippen molar-refractivity contribution in [1.82, 2.24) is 5.32 Å². The molecule has 114 valence electrons. The van der Waals surface area contributed by atoms with Crippen molar-refractivity contribution in [3.63, 3.8) is 0 Å². The summed E-state index contributed by atoms with van der Waals surface area (Å²) in [4.78, 5) is 11.8. The van der Waals surface area contributed by atoms with Crippen molar-refractivity contribution in [1.29, 1.82) is 0 Å². The molecule has 0 aromatic rings. The van der Waals surface area contributed by atoms with Crippen LogP contribution in [0.25, 0.3) is 0 Å². The van der Waals surface area contributed by atoms with Crippen LogP contribution in [-0.4, -0.2) is 18.5 Å². The molecule has 1 rings (SSSR count). The van der Waals surface area contributed by atoms with Crippen LogP contribution in [0.2, 0.25) is 0 Å². The van der Waals surface area contributed by atoms with E-state index < -0.39 is 0 Å². The molecule has 3 nitrogen and oxygen atoms in total. The first-order valence-electron chi connectivity index (χ1n) is 7.75. The largest absolute Gasteiger partial charge is 0.353 e. The van der Waals surface area contributed by atoms with Crippen LogP contribution in [0.15, 0.2) is 0 Å². The zero-order chi connectivity index (χ0) is 13.2. The molecule has 2 atom stereocenters. The zero-order valence-electron chi connectivity index (χ0n) is 12.3. The van der Waals surface area contributed by atoms with Crippen LogP contribution in [0.1, 0.15) is 71.1 Å². The van der Waals surface area contributed by atoms with Gasteiger partial charge in [-0.1, -0.05) is 39.0 Å². The van der Waals surface area contributed by atoms with Crippen molar-refractivity contribution < 1.29 is 4.79 Å². The molecular formula is C15H31ClN2O. The van der Waals surface area contributed by atoms with Gasteiger partial charge in [0.25, 0.3) is 0 Å². The predicted octanol–water partition coefficient (Wildman–Crippen LogP) is 3.40. The fraction of sp³-hybridized carbons (Fsp3) is 0.933. The van der Waals surface area contributed by atoms with Crippen molar-refractivity contribution in [2.24, 2.45) is 11.7 Å². The molecule has 1 saturated carbocycles. The molecule has 0 aromatic carbocycles. The zero-order valence-corrected chi connectivity index (χ0v) is 13.1. The molecule has 0 spiro atoms. The Kier molecular flexibility index (Phi) is 11.4. The number of unbranched alkanes of at least 4 members (excludes halogenated alkanes) is 3. The van der Waals surface area contributed by atoms with E-state index in [9.17, 15) is 4.79 Å². The van der Waals surface area contributed by atoms with Crippen molar-refractivity contribution in [3.05, 3.63) is 0 Å². The molecule has 0 radical (unpaired) electrons. The summed E-state index contributed by atoms with van der Waals surface area (Å²) < 4.78 is 0. The number of carbonyl (C=O) groups is 1. The minimum Gasteiger partial charge on any atom is -0.353 e. The van der Waals surface area contributed by atoms with Gasteiger partial charge in [-0.2, -0.15) is 0 Å². The van der Waals surface area contributed by atoms with E-state index in [1.54, 1.807) is 0 Å². The Morgan fingerprint density at radius 2 is 1.95 bits per heavy atom. The summed E-state index contributed by atoms with van der Waals surface area (Å²) in [5, 5.41) is 3.21. The maximum Gasteiger partial charge on any atom is 0.220 e. The number of hydrogen-bond donors (Lipinski definition) is 2. The molecule has 3 N–H and O–H groups in total. The number of halogens is 1. The van der Waals surface area contributed by atoms with Gasteiger partial charge in [-0.05, 0) is 38.1 Å². The van der Waals surface area contributed by atoms with E-state index in [1.807, 2.05) is 0 Å². The van der Waals surface area contributed by atoms with E-state index in [0.29, 0.717) is 12.5 Å². The van der Waals surface area contributed by atoms with Crippen LogP contribution < -0.4 is 11.1 Å². The third kappa shape index (κ3) is 8.48. The SMILES string of the molecule is CCC1CCCC(NC(=O)CCCCCCN)C1.Cl. The number of nitrogens with two attached hydrogens (primary N) is 1. The molecule has 0 heterocycles. The smallest absolute Gasteiger partial charge is 0.220 e. The molecule has 4 heteroatoms. The van der Waals surface area contributed by atoms with Crippen molar-refractivity contribution in [2.45, 2.75) is 77.2 Å². The fourth-order valence-electron chi connectivity index (χ4n) is 2.88. The summed E-state index contributed by atoms with van der Waals surface area (Å²) in [5.74, 6) is 1.08. The van der Waals surface area contributed by atoms with Crippen LogP contribution in [0.3, 0.4) is 0 Å². The summed E-state index contributed by atoms with van der Waals surface area (Å²) in [6, 6.07) is 0.445. The van der Waals surface area contributed by atoms with Crippen LogP contribution in [0.4, 0.5) is 0 Å². The molecule has 1 aliphatic rings. The lowest BCUT2D eigenvalue weighted by Crippen LogP contribution is -2.38. The molecule has 1 fully saturated rings. The lowest BCUT2D eigenvalue weighted by Gasteiger charge is -2.29. The first-order valence-corrected chi connectivity index (χ1v) is 7.75. The van der Waals surface area contributed by atoms with Crippen LogP contribution in [-0.2, 0) is 4.79 Å². The maximum atomic E-state index is 11.8. The molecule has 1 amide bonds. The van der Waals surface area contributed by atoms with E-state index in [2.05, 4.69) is 12.2 Å². The molecule has 0 saturated heterocycles. The van der Waals surface area contributed by atoms with Gasteiger partial charge in [0.15, 0.2) is 0 Å². The van der Waals surface area contributed by atoms with Gasteiger partial charge in [0.05, 0.1) is 0 Å². The predicted molar refractivity (Wildman–Crippen MR) is 83.6 cm³/mol. The third-order valence-corrected chi connectivity index (χ3v) is 4.08. The highest BCUT2D eigenvalue weighted by Gasteiger charge is 2.21. The Bertz CT molecular complexity index is 236. The standard InChI is InChI=1S/C15H30N2O.ClH/c1-2-13-8-7-9-14(12-13)17-15(18)10-5-3-4-6-11-16;/h13-14H,2-12,16H2,1H3,(H,17,18);1H. The summed E-state index contributed by atoms with van der Waals surface area (Å²) in [5.41, 5.74) is 5.44. The highest BCUT2D eigenvalue weighted by atomic mass is 35.5. The van der Waals surface area contributed by atoms with Crippen molar-refractivity contribution in [2.75, 3.05) is 6.54 Å². The highest BCUT2D eigenvalue weighted by Crippen LogP contribution is 2.26. The lowest BCUT2D eigenvalue weighted by molar-refractivity contribution is -0.122. The van der Waals surface area contributed by atoms with E-state index in [0.717, 1.165) is 38.1 Å². The van der Waals surface area contributed by atoms with Crippen LogP contribution in [0, 0.1) is 5.92 Å². The first-order chi connectivity index (χ1) is 8.76. The van der Waals surface area contributed by atoms with Crippen LogP contribution in [0.5, 0.6) is 0 Å². The molecule has 19 heavy (non-hydrogen) atoms. The molecule has 1 aliphatic carbocycles. The minimum absolute atomic E-state index is 0. The minimum atomic E-state index is 0. The molecule has 0 aromatic heterocycles. The summed E-state index contributed by atoms with van der Waals surface area (Å²) in [7, 11) is 0. The Morgan fingerprint density at radius 1 is 1.21 bits per heavy atom. The molecule has 0 bridgehead atoms. The third-order valence-electron chi connectivity index (χ3n) is 4.08. The van der Waals surface area contributed by atoms with E-state index in [4.69, 9.17) is 5.73 Å². The van der Waals surface area contributed by atoms with Gasteiger partial charge in [0.2, 0.25) is 5.91 Å². The van der Waals surface area contributed by atoms with E-state index >= 15 is 0 Å². The van der Waals surface area contributed by atoms with Gasteiger partial charge >= 0.3 is 0 Å². The van der Waals surface area contributed by atoms with Gasteiger partial charge < -0.3 is 11.1 Å². The van der Waals surface area contributed by atoms with E-state index in [-0.39, 0.29) is 18.3 Å². The average molecular weight is 291 g/mol. The Hall–Kier alpha value is -0.280. The van der Waals surface area contributed by atoms with Gasteiger partial charge in [-0.25, -0.2) is 0 Å². The number of carbonyl (C=O) groups excluding carboxylic acids is 1. The monoisotopic (exact) mass is 290 g/mol. The highest BCUT2D eigenvalue weighted by molar-refractivity contribution is 5.85. The lowest BCUT2D eigenvalue weighted by atomic mass is 9.84. The normalized spacial score (nSPS) is 22.6. The second-order valence-electron chi connectivity index (χ2n) is 5.66. The Labute approximate surface area is 124 Å². The number of amides is 1. The van der Waals surface area contributed by atoms with Gasteiger partial charge in [0.1, 0.15) is 0 Å². The second kappa shape index (κ2) is 11.5.